The maximum absolute atomic E-state index is 11.6. The molecule has 0 rings (SSSR count). The van der Waals surface area contributed by atoms with Crippen molar-refractivity contribution in [1.29, 1.82) is 0 Å². The van der Waals surface area contributed by atoms with Gasteiger partial charge in [-0.3, -0.25) is 0 Å². The van der Waals surface area contributed by atoms with Crippen molar-refractivity contribution in [3.05, 3.63) is 0 Å². The average molecular weight is 168 g/mol. The van der Waals surface area contributed by atoms with Crippen molar-refractivity contribution in [2.24, 2.45) is 5.92 Å². The Balaban J connectivity index is 3.59. The predicted molar refractivity (Wildman–Crippen MR) is 35.1 cm³/mol. The number of aldehydes is 1. The Morgan fingerprint density at radius 2 is 2.00 bits per heavy atom. The highest BCUT2D eigenvalue weighted by molar-refractivity contribution is 5.53. The summed E-state index contributed by atoms with van der Waals surface area (Å²) < 4.78 is 34.7. The molecule has 66 valence electrons. The molecule has 0 aromatic carbocycles. The van der Waals surface area contributed by atoms with Gasteiger partial charge in [0.25, 0.3) is 0 Å². The Kier molecular flexibility index (Phi) is 4.15. The van der Waals surface area contributed by atoms with E-state index in [1.807, 2.05) is 0 Å². The summed E-state index contributed by atoms with van der Waals surface area (Å²) in [5.74, 6) is -0.434. The van der Waals surface area contributed by atoms with E-state index in [9.17, 15) is 18.0 Å². The lowest BCUT2D eigenvalue weighted by Crippen LogP contribution is -2.11. The summed E-state index contributed by atoms with van der Waals surface area (Å²) in [6.45, 7) is 1.70. The number of alkyl halides is 3. The predicted octanol–water partition coefficient (Wildman–Crippen LogP) is 2.55. The number of halogens is 3. The normalized spacial score (nSPS) is 14.5. The first-order chi connectivity index (χ1) is 4.99. The largest absolute Gasteiger partial charge is 0.389 e. The zero-order valence-corrected chi connectivity index (χ0v) is 6.32. The molecule has 0 saturated carbocycles. The van der Waals surface area contributed by atoms with Crippen molar-refractivity contribution >= 4 is 6.29 Å². The molecule has 4 heteroatoms. The standard InChI is InChI=1S/C7H11F3O/c1-2-6(5-11)3-4-7(8,9)10/h5-6H,2-4H2,1H3/t6-/m0/s1. The summed E-state index contributed by atoms with van der Waals surface area (Å²) in [5.41, 5.74) is 0. The number of carbonyl (C=O) groups excluding carboxylic acids is 1. The van der Waals surface area contributed by atoms with Gasteiger partial charge in [-0.15, -0.1) is 0 Å². The maximum Gasteiger partial charge on any atom is 0.389 e. The molecule has 1 nitrogen and oxygen atoms in total. The van der Waals surface area contributed by atoms with Gasteiger partial charge in [0.2, 0.25) is 0 Å². The van der Waals surface area contributed by atoms with Crippen molar-refractivity contribution in [3.63, 3.8) is 0 Å². The number of carbonyl (C=O) groups is 1. The van der Waals surface area contributed by atoms with Crippen molar-refractivity contribution in [2.45, 2.75) is 32.4 Å². The van der Waals surface area contributed by atoms with Crippen LogP contribution in [0.15, 0.2) is 0 Å². The van der Waals surface area contributed by atoms with E-state index < -0.39 is 18.5 Å². The second-order valence-electron chi connectivity index (χ2n) is 2.46. The van der Waals surface area contributed by atoms with Crippen LogP contribution in [0.4, 0.5) is 13.2 Å². The summed E-state index contributed by atoms with van der Waals surface area (Å²) in [6, 6.07) is 0. The SMILES string of the molecule is CC[C@H](C=O)CCC(F)(F)F. The van der Waals surface area contributed by atoms with E-state index in [0.717, 1.165) is 0 Å². The highest BCUT2D eigenvalue weighted by Crippen LogP contribution is 2.24. The third-order valence-corrected chi connectivity index (χ3v) is 1.52. The van der Waals surface area contributed by atoms with Gasteiger partial charge in [0.15, 0.2) is 0 Å². The monoisotopic (exact) mass is 168 g/mol. The zero-order chi connectivity index (χ0) is 8.91. The molecule has 0 spiro atoms. The van der Waals surface area contributed by atoms with Gasteiger partial charge in [0, 0.05) is 12.3 Å². The minimum Gasteiger partial charge on any atom is -0.303 e. The summed E-state index contributed by atoms with van der Waals surface area (Å²) in [4.78, 5) is 10.1. The minimum absolute atomic E-state index is 0.0799. The average Bonchev–Trinajstić information content (AvgIpc) is 1.88. The fourth-order valence-electron chi connectivity index (χ4n) is 0.717. The Bertz CT molecular complexity index is 119. The summed E-state index contributed by atoms with van der Waals surface area (Å²) in [5, 5.41) is 0. The van der Waals surface area contributed by atoms with Crippen LogP contribution in [0.5, 0.6) is 0 Å². The molecule has 0 aliphatic heterocycles. The third-order valence-electron chi connectivity index (χ3n) is 1.52. The first kappa shape index (κ1) is 10.5. The molecule has 0 amide bonds. The van der Waals surface area contributed by atoms with Crippen molar-refractivity contribution < 1.29 is 18.0 Å². The van der Waals surface area contributed by atoms with Gasteiger partial charge in [0.05, 0.1) is 0 Å². The summed E-state index contributed by atoms with van der Waals surface area (Å²) >= 11 is 0. The molecule has 0 heterocycles. The molecular weight excluding hydrogens is 157 g/mol. The van der Waals surface area contributed by atoms with E-state index in [2.05, 4.69) is 0 Å². The molecule has 0 bridgehead atoms. The second-order valence-corrected chi connectivity index (χ2v) is 2.46. The van der Waals surface area contributed by atoms with Gasteiger partial charge in [-0.1, -0.05) is 6.92 Å². The van der Waals surface area contributed by atoms with Crippen molar-refractivity contribution in [3.8, 4) is 0 Å². The van der Waals surface area contributed by atoms with Crippen LogP contribution in [0.2, 0.25) is 0 Å². The molecule has 0 aromatic rings. The van der Waals surface area contributed by atoms with Gasteiger partial charge >= 0.3 is 6.18 Å². The minimum atomic E-state index is -4.13. The highest BCUT2D eigenvalue weighted by Gasteiger charge is 2.27. The molecule has 0 aliphatic carbocycles. The summed E-state index contributed by atoms with van der Waals surface area (Å²) in [7, 11) is 0. The molecule has 0 radical (unpaired) electrons. The van der Waals surface area contributed by atoms with E-state index in [1.54, 1.807) is 6.92 Å². The molecule has 11 heavy (non-hydrogen) atoms. The Morgan fingerprint density at radius 3 is 2.27 bits per heavy atom. The Hall–Kier alpha value is -0.540. The number of rotatable bonds is 4. The second kappa shape index (κ2) is 4.36. The van der Waals surface area contributed by atoms with Crippen LogP contribution < -0.4 is 0 Å². The fourth-order valence-corrected chi connectivity index (χ4v) is 0.717. The topological polar surface area (TPSA) is 17.1 Å². The Labute approximate surface area is 63.6 Å². The van der Waals surface area contributed by atoms with Gasteiger partial charge in [-0.05, 0) is 12.8 Å². The molecule has 0 fully saturated rings. The summed E-state index contributed by atoms with van der Waals surface area (Å²) in [6.07, 6.45) is -3.99. The fraction of sp³-hybridized carbons (Fsp3) is 0.857. The lowest BCUT2D eigenvalue weighted by Gasteiger charge is -2.08. The highest BCUT2D eigenvalue weighted by atomic mass is 19.4. The zero-order valence-electron chi connectivity index (χ0n) is 6.32. The molecule has 0 aliphatic rings. The lowest BCUT2D eigenvalue weighted by atomic mass is 10.0. The Morgan fingerprint density at radius 1 is 1.45 bits per heavy atom. The van der Waals surface area contributed by atoms with Crippen LogP contribution in [-0.2, 0) is 4.79 Å². The van der Waals surface area contributed by atoms with E-state index in [4.69, 9.17) is 0 Å². The number of hydrogen-bond acceptors (Lipinski definition) is 1. The van der Waals surface area contributed by atoms with E-state index in [-0.39, 0.29) is 6.42 Å². The van der Waals surface area contributed by atoms with Crippen LogP contribution in [0.3, 0.4) is 0 Å². The quantitative estimate of drug-likeness (QED) is 0.589. The van der Waals surface area contributed by atoms with E-state index in [0.29, 0.717) is 12.7 Å². The van der Waals surface area contributed by atoms with Crippen molar-refractivity contribution in [2.75, 3.05) is 0 Å². The van der Waals surface area contributed by atoms with Crippen molar-refractivity contribution in [1.82, 2.24) is 0 Å². The van der Waals surface area contributed by atoms with Crippen LogP contribution >= 0.6 is 0 Å². The third kappa shape index (κ3) is 5.88. The van der Waals surface area contributed by atoms with Gasteiger partial charge < -0.3 is 4.79 Å². The van der Waals surface area contributed by atoms with Crippen LogP contribution in [0.1, 0.15) is 26.2 Å². The smallest absolute Gasteiger partial charge is 0.303 e. The first-order valence-electron chi connectivity index (χ1n) is 3.51. The molecule has 0 unspecified atom stereocenters. The maximum atomic E-state index is 11.6. The van der Waals surface area contributed by atoms with Crippen LogP contribution in [0, 0.1) is 5.92 Å². The molecular formula is C7H11F3O. The van der Waals surface area contributed by atoms with Gasteiger partial charge in [0.1, 0.15) is 6.29 Å². The lowest BCUT2D eigenvalue weighted by molar-refractivity contribution is -0.138. The van der Waals surface area contributed by atoms with Gasteiger partial charge in [-0.2, -0.15) is 13.2 Å². The van der Waals surface area contributed by atoms with Crippen LogP contribution in [0.25, 0.3) is 0 Å². The van der Waals surface area contributed by atoms with E-state index >= 15 is 0 Å². The van der Waals surface area contributed by atoms with Gasteiger partial charge in [-0.25, -0.2) is 0 Å². The van der Waals surface area contributed by atoms with Crippen LogP contribution in [-0.4, -0.2) is 12.5 Å². The molecule has 0 aromatic heterocycles. The molecule has 1 atom stereocenters. The molecule has 0 N–H and O–H groups in total. The van der Waals surface area contributed by atoms with E-state index in [1.165, 1.54) is 0 Å². The molecule has 0 saturated heterocycles. The first-order valence-corrected chi connectivity index (χ1v) is 3.51. The number of hydrogen-bond donors (Lipinski definition) is 0.